The zero-order valence-electron chi connectivity index (χ0n) is 9.77. The second-order valence-corrected chi connectivity index (χ2v) is 3.87. The topological polar surface area (TPSA) is 55.6 Å². The van der Waals surface area contributed by atoms with Gasteiger partial charge in [0.15, 0.2) is 0 Å². The van der Waals surface area contributed by atoms with Crippen molar-refractivity contribution in [2.45, 2.75) is 6.42 Å². The van der Waals surface area contributed by atoms with Crippen molar-refractivity contribution in [1.82, 2.24) is 4.90 Å². The Bertz CT molecular complexity index is 351. The van der Waals surface area contributed by atoms with Crippen molar-refractivity contribution in [2.75, 3.05) is 27.2 Å². The number of benzene rings is 1. The summed E-state index contributed by atoms with van der Waals surface area (Å²) in [5.41, 5.74) is 5.68. The van der Waals surface area contributed by atoms with Gasteiger partial charge < -0.3 is 15.4 Å². The van der Waals surface area contributed by atoms with Crippen LogP contribution in [-0.2, 0) is 0 Å². The van der Waals surface area contributed by atoms with E-state index in [4.69, 9.17) is 10.5 Å². The highest BCUT2D eigenvalue weighted by Crippen LogP contribution is 2.17. The molecule has 0 saturated heterocycles. The van der Waals surface area contributed by atoms with Crippen molar-refractivity contribution in [3.8, 4) is 5.75 Å². The largest absolute Gasteiger partial charge is 0.493 e. The first-order chi connectivity index (χ1) is 7.61. The van der Waals surface area contributed by atoms with Gasteiger partial charge in [0.2, 0.25) is 0 Å². The number of rotatable bonds is 6. The third-order valence-electron chi connectivity index (χ3n) is 2.16. The number of hydrogen-bond acceptors (Lipinski definition) is 3. The predicted molar refractivity (Wildman–Crippen MR) is 63.6 cm³/mol. The molecule has 88 valence electrons. The lowest BCUT2D eigenvalue weighted by molar-refractivity contribution is 0.0996. The van der Waals surface area contributed by atoms with Crippen LogP contribution in [0.15, 0.2) is 24.3 Å². The van der Waals surface area contributed by atoms with Crippen LogP contribution in [0.2, 0.25) is 0 Å². The van der Waals surface area contributed by atoms with E-state index >= 15 is 0 Å². The Hall–Kier alpha value is -1.55. The first-order valence-electron chi connectivity index (χ1n) is 5.27. The summed E-state index contributed by atoms with van der Waals surface area (Å²) in [6.45, 7) is 1.54. The molecule has 16 heavy (non-hydrogen) atoms. The van der Waals surface area contributed by atoms with E-state index in [-0.39, 0.29) is 0 Å². The monoisotopic (exact) mass is 222 g/mol. The first kappa shape index (κ1) is 12.5. The first-order valence-corrected chi connectivity index (χ1v) is 5.27. The molecule has 4 nitrogen and oxygen atoms in total. The van der Waals surface area contributed by atoms with E-state index in [9.17, 15) is 4.79 Å². The molecule has 1 amide bonds. The van der Waals surface area contributed by atoms with Crippen LogP contribution in [0.3, 0.4) is 0 Å². The van der Waals surface area contributed by atoms with Gasteiger partial charge in [-0.2, -0.15) is 0 Å². The van der Waals surface area contributed by atoms with E-state index in [1.54, 1.807) is 18.2 Å². The highest BCUT2D eigenvalue weighted by molar-refractivity contribution is 5.95. The minimum Gasteiger partial charge on any atom is -0.493 e. The molecule has 0 aliphatic rings. The zero-order chi connectivity index (χ0) is 12.0. The number of carbonyl (C=O) groups is 1. The SMILES string of the molecule is CN(C)CCCOc1ccccc1C(N)=O. The Kier molecular flexibility index (Phi) is 4.79. The smallest absolute Gasteiger partial charge is 0.252 e. The fourth-order valence-corrected chi connectivity index (χ4v) is 1.36. The second-order valence-electron chi connectivity index (χ2n) is 3.87. The molecule has 1 aromatic rings. The molecule has 0 radical (unpaired) electrons. The quantitative estimate of drug-likeness (QED) is 0.734. The Balaban J connectivity index is 2.50. The van der Waals surface area contributed by atoms with Crippen molar-refractivity contribution in [3.63, 3.8) is 0 Å². The summed E-state index contributed by atoms with van der Waals surface area (Å²) in [5, 5.41) is 0. The Morgan fingerprint density at radius 1 is 1.38 bits per heavy atom. The molecule has 1 rings (SSSR count). The average molecular weight is 222 g/mol. The predicted octanol–water partition coefficient (Wildman–Crippen LogP) is 1.12. The van der Waals surface area contributed by atoms with Crippen molar-refractivity contribution in [3.05, 3.63) is 29.8 Å². The van der Waals surface area contributed by atoms with Gasteiger partial charge in [0, 0.05) is 6.54 Å². The van der Waals surface area contributed by atoms with Crippen LogP contribution in [0.4, 0.5) is 0 Å². The number of primary amides is 1. The van der Waals surface area contributed by atoms with E-state index < -0.39 is 5.91 Å². The van der Waals surface area contributed by atoms with Gasteiger partial charge >= 0.3 is 0 Å². The summed E-state index contributed by atoms with van der Waals surface area (Å²) < 4.78 is 5.52. The lowest BCUT2D eigenvalue weighted by Crippen LogP contribution is -2.17. The minimum absolute atomic E-state index is 0.437. The maximum Gasteiger partial charge on any atom is 0.252 e. The van der Waals surface area contributed by atoms with Crippen molar-refractivity contribution in [1.29, 1.82) is 0 Å². The molecule has 0 aliphatic heterocycles. The maximum absolute atomic E-state index is 11.1. The summed E-state index contributed by atoms with van der Waals surface area (Å²) in [6, 6.07) is 7.03. The lowest BCUT2D eigenvalue weighted by atomic mass is 10.2. The van der Waals surface area contributed by atoms with E-state index in [0.717, 1.165) is 13.0 Å². The molecule has 0 saturated carbocycles. The molecule has 2 N–H and O–H groups in total. The lowest BCUT2D eigenvalue weighted by Gasteiger charge is -2.11. The van der Waals surface area contributed by atoms with E-state index in [1.807, 2.05) is 20.2 Å². The number of nitrogens with two attached hydrogens (primary N) is 1. The maximum atomic E-state index is 11.1. The highest BCUT2D eigenvalue weighted by Gasteiger charge is 2.07. The van der Waals surface area contributed by atoms with Crippen LogP contribution in [0, 0.1) is 0 Å². The van der Waals surface area contributed by atoms with Crippen LogP contribution in [0.5, 0.6) is 5.75 Å². The Labute approximate surface area is 96.0 Å². The van der Waals surface area contributed by atoms with Gasteiger partial charge in [-0.1, -0.05) is 12.1 Å². The molecule has 0 bridgehead atoms. The van der Waals surface area contributed by atoms with Crippen LogP contribution in [0.1, 0.15) is 16.8 Å². The molecular formula is C12H18N2O2. The Morgan fingerprint density at radius 2 is 2.06 bits per heavy atom. The molecule has 0 atom stereocenters. The van der Waals surface area contributed by atoms with Gasteiger partial charge in [0.1, 0.15) is 5.75 Å². The van der Waals surface area contributed by atoms with E-state index in [2.05, 4.69) is 4.90 Å². The summed E-state index contributed by atoms with van der Waals surface area (Å²) in [4.78, 5) is 13.2. The number of hydrogen-bond donors (Lipinski definition) is 1. The van der Waals surface area contributed by atoms with Gasteiger partial charge in [0.05, 0.1) is 12.2 Å². The number of para-hydroxylation sites is 1. The van der Waals surface area contributed by atoms with Gasteiger partial charge in [-0.15, -0.1) is 0 Å². The van der Waals surface area contributed by atoms with Gasteiger partial charge in [-0.05, 0) is 32.6 Å². The van der Waals surface area contributed by atoms with E-state index in [0.29, 0.717) is 17.9 Å². The molecule has 4 heteroatoms. The fraction of sp³-hybridized carbons (Fsp3) is 0.417. The number of nitrogens with zero attached hydrogens (tertiary/aromatic N) is 1. The number of ether oxygens (including phenoxy) is 1. The highest BCUT2D eigenvalue weighted by atomic mass is 16.5. The summed E-state index contributed by atoms with van der Waals surface area (Å²) >= 11 is 0. The third-order valence-corrected chi connectivity index (χ3v) is 2.16. The third kappa shape index (κ3) is 3.90. The van der Waals surface area contributed by atoms with Gasteiger partial charge in [0.25, 0.3) is 5.91 Å². The fourth-order valence-electron chi connectivity index (χ4n) is 1.36. The van der Waals surface area contributed by atoms with Crippen molar-refractivity contribution >= 4 is 5.91 Å². The van der Waals surface area contributed by atoms with Gasteiger partial charge in [-0.25, -0.2) is 0 Å². The molecule has 0 heterocycles. The normalized spacial score (nSPS) is 10.4. The van der Waals surface area contributed by atoms with Crippen LogP contribution < -0.4 is 10.5 Å². The zero-order valence-corrected chi connectivity index (χ0v) is 9.77. The summed E-state index contributed by atoms with van der Waals surface area (Å²) in [7, 11) is 4.02. The number of amides is 1. The van der Waals surface area contributed by atoms with Crippen LogP contribution in [-0.4, -0.2) is 38.1 Å². The summed E-state index contributed by atoms with van der Waals surface area (Å²) in [6.07, 6.45) is 0.917. The molecule has 1 aromatic carbocycles. The second kappa shape index (κ2) is 6.12. The van der Waals surface area contributed by atoms with Crippen molar-refractivity contribution < 1.29 is 9.53 Å². The molecular weight excluding hydrogens is 204 g/mol. The molecule has 0 spiro atoms. The molecule has 0 aromatic heterocycles. The summed E-state index contributed by atoms with van der Waals surface area (Å²) in [5.74, 6) is 0.108. The van der Waals surface area contributed by atoms with Crippen molar-refractivity contribution in [2.24, 2.45) is 5.73 Å². The molecule has 0 aliphatic carbocycles. The van der Waals surface area contributed by atoms with Crippen LogP contribution >= 0.6 is 0 Å². The molecule has 0 fully saturated rings. The minimum atomic E-state index is -0.455. The average Bonchev–Trinajstić information content (AvgIpc) is 2.24. The van der Waals surface area contributed by atoms with Gasteiger partial charge in [-0.3, -0.25) is 4.79 Å². The van der Waals surface area contributed by atoms with E-state index in [1.165, 1.54) is 0 Å². The molecule has 0 unspecified atom stereocenters. The Morgan fingerprint density at radius 3 is 2.69 bits per heavy atom. The van der Waals surface area contributed by atoms with Crippen LogP contribution in [0.25, 0.3) is 0 Å². The number of carbonyl (C=O) groups excluding carboxylic acids is 1. The standard InChI is InChI=1S/C12H18N2O2/c1-14(2)8-5-9-16-11-7-4-3-6-10(11)12(13)15/h3-4,6-7H,5,8-9H2,1-2H3,(H2,13,15).